The van der Waals surface area contributed by atoms with Gasteiger partial charge in [-0.1, -0.05) is 53.0 Å². The highest BCUT2D eigenvalue weighted by Crippen LogP contribution is 2.33. The molecule has 3 aromatic rings. The first-order chi connectivity index (χ1) is 12.4. The van der Waals surface area contributed by atoms with Crippen LogP contribution in [0.2, 0.25) is 15.1 Å². The fourth-order valence-corrected chi connectivity index (χ4v) is 3.39. The van der Waals surface area contributed by atoms with Crippen LogP contribution < -0.4 is 16.4 Å². The second kappa shape index (κ2) is 7.53. The number of hydrazine groups is 1. The van der Waals surface area contributed by atoms with Crippen LogP contribution in [0.15, 0.2) is 41.2 Å². The van der Waals surface area contributed by atoms with Gasteiger partial charge >= 0.3 is 0 Å². The van der Waals surface area contributed by atoms with Crippen molar-refractivity contribution in [1.29, 1.82) is 0 Å². The summed E-state index contributed by atoms with van der Waals surface area (Å²) in [6.07, 6.45) is 0. The predicted octanol–water partition coefficient (Wildman–Crippen LogP) is 3.81. The summed E-state index contributed by atoms with van der Waals surface area (Å²) in [5.74, 6) is -0.489. The van der Waals surface area contributed by atoms with Gasteiger partial charge in [0.15, 0.2) is 0 Å². The van der Waals surface area contributed by atoms with Crippen molar-refractivity contribution >= 4 is 57.2 Å². The van der Waals surface area contributed by atoms with Gasteiger partial charge in [-0.3, -0.25) is 20.4 Å². The lowest BCUT2D eigenvalue weighted by atomic mass is 10.1. The molecule has 26 heavy (non-hydrogen) atoms. The van der Waals surface area contributed by atoms with Crippen molar-refractivity contribution in [2.75, 3.05) is 5.43 Å². The van der Waals surface area contributed by atoms with Crippen molar-refractivity contribution in [3.63, 3.8) is 0 Å². The molecule has 6 nitrogen and oxygen atoms in total. The van der Waals surface area contributed by atoms with Gasteiger partial charge in [-0.05, 0) is 25.1 Å². The number of anilines is 1. The number of nitrogens with zero attached hydrogens (tertiary/aromatic N) is 2. The van der Waals surface area contributed by atoms with E-state index in [0.717, 1.165) is 10.1 Å². The van der Waals surface area contributed by atoms with E-state index in [1.807, 2.05) is 12.1 Å². The molecule has 0 radical (unpaired) electrons. The summed E-state index contributed by atoms with van der Waals surface area (Å²) in [7, 11) is 0. The summed E-state index contributed by atoms with van der Waals surface area (Å²) in [6.45, 7) is 1.52. The highest BCUT2D eigenvalue weighted by atomic mass is 35.5. The Hall–Kier alpha value is -2.28. The van der Waals surface area contributed by atoms with Gasteiger partial charge in [-0.15, -0.1) is 0 Å². The topological polar surface area (TPSA) is 76.0 Å². The number of hydrogen-bond acceptors (Lipinski definition) is 4. The van der Waals surface area contributed by atoms with E-state index in [0.29, 0.717) is 21.8 Å². The van der Waals surface area contributed by atoms with E-state index in [2.05, 4.69) is 16.0 Å². The van der Waals surface area contributed by atoms with Crippen LogP contribution in [-0.4, -0.2) is 15.7 Å². The summed E-state index contributed by atoms with van der Waals surface area (Å²) < 4.78 is 1.11. The van der Waals surface area contributed by atoms with Gasteiger partial charge < -0.3 is 0 Å². The van der Waals surface area contributed by atoms with Gasteiger partial charge in [0.2, 0.25) is 0 Å². The fourth-order valence-electron chi connectivity index (χ4n) is 2.48. The first-order valence-corrected chi connectivity index (χ1v) is 8.66. The van der Waals surface area contributed by atoms with E-state index < -0.39 is 5.91 Å². The quantitative estimate of drug-likeness (QED) is 0.640. The molecule has 0 unspecified atom stereocenters. The van der Waals surface area contributed by atoms with E-state index in [9.17, 15) is 9.59 Å². The van der Waals surface area contributed by atoms with Crippen LogP contribution >= 0.6 is 34.8 Å². The van der Waals surface area contributed by atoms with E-state index in [4.69, 9.17) is 34.8 Å². The van der Waals surface area contributed by atoms with Crippen LogP contribution in [0.1, 0.15) is 5.69 Å². The number of aryl methyl sites for hydroxylation is 1. The second-order valence-corrected chi connectivity index (χ2v) is 6.76. The molecule has 0 spiro atoms. The number of nitrogens with one attached hydrogen (secondary N) is 2. The smallest absolute Gasteiger partial charge is 0.275 e. The molecule has 134 valence electrons. The molecule has 1 aromatic heterocycles. The largest absolute Gasteiger partial charge is 0.296 e. The minimum absolute atomic E-state index is 0.250. The van der Waals surface area contributed by atoms with Crippen LogP contribution in [0.25, 0.3) is 10.8 Å². The summed E-state index contributed by atoms with van der Waals surface area (Å²) in [4.78, 5) is 24.7. The molecule has 0 aliphatic rings. The van der Waals surface area contributed by atoms with Gasteiger partial charge in [-0.25, -0.2) is 4.68 Å². The number of halogens is 3. The summed E-state index contributed by atoms with van der Waals surface area (Å²) in [6, 6.07) is 10.1. The van der Waals surface area contributed by atoms with Crippen LogP contribution in [-0.2, 0) is 11.3 Å². The zero-order chi connectivity index (χ0) is 18.8. The molecule has 0 aliphatic carbocycles. The van der Waals surface area contributed by atoms with Gasteiger partial charge in [0.05, 0.1) is 26.8 Å². The lowest BCUT2D eigenvalue weighted by Crippen LogP contribution is -2.37. The van der Waals surface area contributed by atoms with Crippen molar-refractivity contribution < 1.29 is 4.79 Å². The van der Waals surface area contributed by atoms with Gasteiger partial charge in [0, 0.05) is 10.4 Å². The fraction of sp³-hybridized carbons (Fsp3) is 0.118. The molecule has 1 amide bonds. The molecule has 0 atom stereocenters. The molecule has 0 saturated carbocycles. The number of carbonyl (C=O) groups excluding carboxylic acids is 1. The third-order valence-corrected chi connectivity index (χ3v) is 4.49. The lowest BCUT2D eigenvalue weighted by molar-refractivity contribution is -0.121. The van der Waals surface area contributed by atoms with Gasteiger partial charge in [0.25, 0.3) is 11.5 Å². The minimum atomic E-state index is -0.489. The second-order valence-electron chi connectivity index (χ2n) is 5.51. The first kappa shape index (κ1) is 18.5. The Bertz CT molecular complexity index is 1040. The maximum atomic E-state index is 12.5. The molecule has 9 heteroatoms. The highest BCUT2D eigenvalue weighted by Gasteiger charge is 2.12. The van der Waals surface area contributed by atoms with E-state index in [1.165, 1.54) is 12.1 Å². The lowest BCUT2D eigenvalue weighted by Gasteiger charge is -2.13. The van der Waals surface area contributed by atoms with E-state index in [1.54, 1.807) is 19.1 Å². The average molecular weight is 412 g/mol. The molecular formula is C17H13Cl3N4O2. The third-order valence-electron chi connectivity index (χ3n) is 3.68. The number of amides is 1. The normalized spacial score (nSPS) is 10.8. The molecule has 3 rings (SSSR count). The highest BCUT2D eigenvalue weighted by molar-refractivity contribution is 6.41. The first-order valence-electron chi connectivity index (χ1n) is 7.52. The van der Waals surface area contributed by atoms with Crippen molar-refractivity contribution in [1.82, 2.24) is 15.2 Å². The summed E-state index contributed by atoms with van der Waals surface area (Å²) >= 11 is 17.9. The molecule has 0 aliphatic heterocycles. The maximum absolute atomic E-state index is 12.5. The Morgan fingerprint density at radius 1 is 1.12 bits per heavy atom. The number of benzene rings is 2. The Labute approximate surface area is 163 Å². The average Bonchev–Trinajstić information content (AvgIpc) is 2.58. The Morgan fingerprint density at radius 3 is 2.38 bits per heavy atom. The SMILES string of the molecule is Cc1nn(CC(=O)NNc2c(Cl)cc(Cl)cc2Cl)c(=O)c2ccccc12. The molecule has 0 bridgehead atoms. The molecule has 2 aromatic carbocycles. The summed E-state index contributed by atoms with van der Waals surface area (Å²) in [5, 5.41) is 6.32. The number of aromatic nitrogens is 2. The summed E-state index contributed by atoms with van der Waals surface area (Å²) in [5.41, 5.74) is 5.70. The molecule has 0 saturated heterocycles. The monoisotopic (exact) mass is 410 g/mol. The predicted molar refractivity (Wildman–Crippen MR) is 104 cm³/mol. The van der Waals surface area contributed by atoms with Gasteiger partial charge in [0.1, 0.15) is 6.54 Å². The standard InChI is InChI=1S/C17H13Cl3N4O2/c1-9-11-4-2-3-5-12(11)17(26)24(23-9)8-15(25)21-22-16-13(19)6-10(18)7-14(16)20/h2-7,22H,8H2,1H3,(H,21,25). The molecular weight excluding hydrogens is 399 g/mol. The van der Waals surface area contributed by atoms with Crippen molar-refractivity contribution in [3.05, 3.63) is 67.5 Å². The number of fused-ring (bicyclic) bond motifs is 1. The number of carbonyl (C=O) groups is 1. The third kappa shape index (κ3) is 3.77. The number of hydrogen-bond donors (Lipinski definition) is 2. The van der Waals surface area contributed by atoms with Gasteiger partial charge in [-0.2, -0.15) is 5.10 Å². The zero-order valence-electron chi connectivity index (χ0n) is 13.5. The van der Waals surface area contributed by atoms with E-state index in [-0.39, 0.29) is 22.1 Å². The van der Waals surface area contributed by atoms with Crippen molar-refractivity contribution in [2.24, 2.45) is 0 Å². The van der Waals surface area contributed by atoms with Crippen molar-refractivity contribution in [2.45, 2.75) is 13.5 Å². The minimum Gasteiger partial charge on any atom is -0.296 e. The van der Waals surface area contributed by atoms with Crippen LogP contribution in [0.5, 0.6) is 0 Å². The number of rotatable bonds is 4. The van der Waals surface area contributed by atoms with Crippen LogP contribution in [0, 0.1) is 6.92 Å². The molecule has 0 fully saturated rings. The van der Waals surface area contributed by atoms with Crippen LogP contribution in [0.4, 0.5) is 5.69 Å². The van der Waals surface area contributed by atoms with Crippen molar-refractivity contribution in [3.8, 4) is 0 Å². The Kier molecular flexibility index (Phi) is 5.36. The van der Waals surface area contributed by atoms with Crippen LogP contribution in [0.3, 0.4) is 0 Å². The Balaban J connectivity index is 1.78. The van der Waals surface area contributed by atoms with E-state index >= 15 is 0 Å². The maximum Gasteiger partial charge on any atom is 0.275 e. The molecule has 2 N–H and O–H groups in total. The molecule has 1 heterocycles. The Morgan fingerprint density at radius 2 is 1.73 bits per heavy atom. The zero-order valence-corrected chi connectivity index (χ0v) is 15.8.